The van der Waals surface area contributed by atoms with Gasteiger partial charge in [0, 0.05) is 12.5 Å². The zero-order valence-electron chi connectivity index (χ0n) is 26.0. The molecule has 276 valence electrons. The van der Waals surface area contributed by atoms with Gasteiger partial charge in [-0.15, -0.1) is 0 Å². The molecule has 0 spiro atoms. The average molecular weight is 735 g/mol. The Kier molecular flexibility index (Phi) is 12.9. The SMILES string of the molecule is CCOC(=O)CCCC1=CCC(C[C@](NC(=O)NCC(F)(F)F)(c2cc(F)cc(OC(F)(F)C(F)F)c2)c2ccc(F)c(C(F)(F)F)c2)C=C1. The molecule has 0 heterocycles. The number of hydrogen-bond acceptors (Lipinski definition) is 4. The standard InChI is InChI=1S/C32H30F12N2O4/c1-2-49-26(47)5-3-4-18-6-8-19(9-7-18)16-29(46-28(48)45-17-30(37,38)39,20-10-11-25(34)24(14-20)31(40,41)42)21-12-22(33)15-23(13-21)50-32(43,44)27(35)36/h6-8,10-15,19,27H,2-5,9,16-17H2,1H3,(H2,45,46,48)/t19?,29-/m1/s1. The van der Waals surface area contributed by atoms with Gasteiger partial charge in [0.15, 0.2) is 0 Å². The number of amides is 2. The molecule has 2 atom stereocenters. The van der Waals surface area contributed by atoms with Crippen molar-refractivity contribution in [1.29, 1.82) is 0 Å². The molecule has 2 aromatic rings. The average Bonchev–Trinajstić information content (AvgIpc) is 2.99. The molecule has 50 heavy (non-hydrogen) atoms. The first kappa shape index (κ1) is 40.1. The molecule has 0 saturated heterocycles. The van der Waals surface area contributed by atoms with Gasteiger partial charge in [0.2, 0.25) is 0 Å². The van der Waals surface area contributed by atoms with Crippen LogP contribution in [0.5, 0.6) is 5.75 Å². The van der Waals surface area contributed by atoms with E-state index in [1.165, 1.54) is 11.4 Å². The van der Waals surface area contributed by atoms with Gasteiger partial charge in [0.05, 0.1) is 17.7 Å². The number of benzene rings is 2. The molecular formula is C32H30F12N2O4. The van der Waals surface area contributed by atoms with E-state index >= 15 is 0 Å². The van der Waals surface area contributed by atoms with Crippen molar-refractivity contribution in [2.75, 3.05) is 13.2 Å². The Morgan fingerprint density at radius 1 is 0.960 bits per heavy atom. The maximum absolute atomic E-state index is 15.0. The molecular weight excluding hydrogens is 704 g/mol. The summed E-state index contributed by atoms with van der Waals surface area (Å²) in [4.78, 5) is 24.6. The third-order valence-corrected chi connectivity index (χ3v) is 7.40. The summed E-state index contributed by atoms with van der Waals surface area (Å²) in [7, 11) is 0. The highest BCUT2D eigenvalue weighted by molar-refractivity contribution is 5.76. The molecule has 0 saturated carbocycles. The number of carbonyl (C=O) groups is 2. The second-order valence-corrected chi connectivity index (χ2v) is 11.2. The molecule has 0 aromatic heterocycles. The van der Waals surface area contributed by atoms with Crippen LogP contribution in [0.4, 0.5) is 57.5 Å². The van der Waals surface area contributed by atoms with Gasteiger partial charge in [-0.1, -0.05) is 29.9 Å². The molecule has 0 aliphatic heterocycles. The third-order valence-electron chi connectivity index (χ3n) is 7.40. The monoisotopic (exact) mass is 734 g/mol. The fourth-order valence-electron chi connectivity index (χ4n) is 5.20. The Labute approximate surface area is 277 Å². The Hall–Kier alpha value is -4.38. The molecule has 2 N–H and O–H groups in total. The summed E-state index contributed by atoms with van der Waals surface area (Å²) in [6.07, 6.45) is -15.0. The fourth-order valence-corrected chi connectivity index (χ4v) is 5.20. The lowest BCUT2D eigenvalue weighted by molar-refractivity contribution is -0.253. The molecule has 2 amide bonds. The zero-order valence-corrected chi connectivity index (χ0v) is 26.0. The highest BCUT2D eigenvalue weighted by atomic mass is 19.4. The number of hydrogen-bond donors (Lipinski definition) is 2. The van der Waals surface area contributed by atoms with Crippen LogP contribution in [-0.2, 0) is 21.2 Å². The zero-order chi connectivity index (χ0) is 37.5. The lowest BCUT2D eigenvalue weighted by Crippen LogP contribution is -2.53. The number of nitrogens with one attached hydrogen (secondary N) is 2. The van der Waals surface area contributed by atoms with E-state index in [9.17, 15) is 62.3 Å². The Morgan fingerprint density at radius 2 is 1.66 bits per heavy atom. The van der Waals surface area contributed by atoms with E-state index in [1.807, 2.05) is 0 Å². The van der Waals surface area contributed by atoms with Gasteiger partial charge in [-0.3, -0.25) is 4.79 Å². The van der Waals surface area contributed by atoms with E-state index in [4.69, 9.17) is 4.74 Å². The van der Waals surface area contributed by atoms with Gasteiger partial charge in [-0.05, 0) is 73.9 Å². The van der Waals surface area contributed by atoms with Gasteiger partial charge in [-0.2, -0.15) is 43.9 Å². The predicted octanol–water partition coefficient (Wildman–Crippen LogP) is 8.95. The van der Waals surface area contributed by atoms with Gasteiger partial charge >= 0.3 is 36.9 Å². The molecule has 2 aromatic carbocycles. The summed E-state index contributed by atoms with van der Waals surface area (Å²) >= 11 is 0. The fraction of sp³-hybridized carbons (Fsp3) is 0.438. The first-order valence-corrected chi connectivity index (χ1v) is 14.8. The molecule has 1 aliphatic rings. The maximum Gasteiger partial charge on any atom is 0.461 e. The molecule has 0 fully saturated rings. The van der Waals surface area contributed by atoms with Crippen LogP contribution in [0.2, 0.25) is 0 Å². The minimum absolute atomic E-state index is 0.0499. The quantitative estimate of drug-likeness (QED) is 0.150. The van der Waals surface area contributed by atoms with Crippen molar-refractivity contribution in [3.63, 3.8) is 0 Å². The van der Waals surface area contributed by atoms with Crippen LogP contribution in [0.15, 0.2) is 60.2 Å². The minimum atomic E-state index is -5.37. The van der Waals surface area contributed by atoms with Crippen LogP contribution in [0.25, 0.3) is 0 Å². The topological polar surface area (TPSA) is 76.7 Å². The van der Waals surface area contributed by atoms with E-state index < -0.39 is 95.4 Å². The normalized spacial score (nSPS) is 16.4. The highest BCUT2D eigenvalue weighted by Crippen LogP contribution is 2.43. The summed E-state index contributed by atoms with van der Waals surface area (Å²) in [6.45, 7) is -0.143. The molecule has 1 aliphatic carbocycles. The lowest BCUT2D eigenvalue weighted by Gasteiger charge is -2.39. The van der Waals surface area contributed by atoms with E-state index in [0.29, 0.717) is 42.7 Å². The summed E-state index contributed by atoms with van der Waals surface area (Å²) in [5.41, 5.74) is -5.20. The van der Waals surface area contributed by atoms with E-state index in [-0.39, 0.29) is 31.6 Å². The van der Waals surface area contributed by atoms with Crippen molar-refractivity contribution >= 4 is 12.0 Å². The molecule has 3 rings (SSSR count). The second kappa shape index (κ2) is 16.1. The highest BCUT2D eigenvalue weighted by Gasteiger charge is 2.46. The van der Waals surface area contributed by atoms with E-state index in [0.717, 1.165) is 0 Å². The first-order chi connectivity index (χ1) is 23.1. The summed E-state index contributed by atoms with van der Waals surface area (Å²) in [5, 5.41) is 3.55. The molecule has 0 radical (unpaired) electrons. The minimum Gasteiger partial charge on any atom is -0.466 e. The number of rotatable bonds is 14. The predicted molar refractivity (Wildman–Crippen MR) is 153 cm³/mol. The number of carbonyl (C=O) groups excluding carboxylic acids is 2. The Bertz CT molecular complexity index is 1570. The Balaban J connectivity index is 2.18. The van der Waals surface area contributed by atoms with Crippen molar-refractivity contribution < 1.29 is 71.7 Å². The van der Waals surface area contributed by atoms with E-state index in [2.05, 4.69) is 10.1 Å². The molecule has 0 bridgehead atoms. The van der Waals surface area contributed by atoms with Crippen molar-refractivity contribution in [1.82, 2.24) is 10.6 Å². The van der Waals surface area contributed by atoms with Crippen LogP contribution >= 0.6 is 0 Å². The molecule has 18 heteroatoms. The lowest BCUT2D eigenvalue weighted by atomic mass is 9.74. The molecule has 6 nitrogen and oxygen atoms in total. The second-order valence-electron chi connectivity index (χ2n) is 11.2. The van der Waals surface area contributed by atoms with Crippen LogP contribution < -0.4 is 15.4 Å². The number of ether oxygens (including phenoxy) is 2. The van der Waals surface area contributed by atoms with Crippen LogP contribution in [-0.4, -0.2) is 43.9 Å². The van der Waals surface area contributed by atoms with Crippen LogP contribution in [0.3, 0.4) is 0 Å². The van der Waals surface area contributed by atoms with Gasteiger partial charge < -0.3 is 20.1 Å². The number of esters is 1. The maximum atomic E-state index is 15.0. The number of allylic oxidation sites excluding steroid dienone is 4. The summed E-state index contributed by atoms with van der Waals surface area (Å²) in [5.74, 6) is -5.84. The Morgan fingerprint density at radius 3 is 2.24 bits per heavy atom. The van der Waals surface area contributed by atoms with E-state index in [1.54, 1.807) is 19.1 Å². The number of urea groups is 1. The summed E-state index contributed by atoms with van der Waals surface area (Å²) in [6, 6.07) is 0.771. The van der Waals surface area contributed by atoms with Crippen molar-refractivity contribution in [3.8, 4) is 5.75 Å². The number of alkyl halides is 10. The van der Waals surface area contributed by atoms with Crippen molar-refractivity contribution in [2.45, 2.75) is 69.5 Å². The molecule has 1 unspecified atom stereocenters. The van der Waals surface area contributed by atoms with Crippen LogP contribution in [0, 0.1) is 17.6 Å². The third kappa shape index (κ3) is 11.1. The van der Waals surface area contributed by atoms with Crippen LogP contribution in [0.1, 0.15) is 55.7 Å². The van der Waals surface area contributed by atoms with Gasteiger partial charge in [0.25, 0.3) is 0 Å². The smallest absolute Gasteiger partial charge is 0.461 e. The van der Waals surface area contributed by atoms with Gasteiger partial charge in [0.1, 0.15) is 23.9 Å². The first-order valence-electron chi connectivity index (χ1n) is 14.8. The van der Waals surface area contributed by atoms with Gasteiger partial charge in [-0.25, -0.2) is 13.6 Å². The van der Waals surface area contributed by atoms with Crippen molar-refractivity contribution in [3.05, 3.63) is 88.5 Å². The number of halogens is 12. The largest absolute Gasteiger partial charge is 0.466 e. The summed E-state index contributed by atoms with van der Waals surface area (Å²) < 4.78 is 172. The van der Waals surface area contributed by atoms with Crippen molar-refractivity contribution in [2.24, 2.45) is 5.92 Å².